The highest BCUT2D eigenvalue weighted by atomic mass is 16.7. The van der Waals surface area contributed by atoms with Crippen molar-refractivity contribution in [1.29, 1.82) is 0 Å². The van der Waals surface area contributed by atoms with Gasteiger partial charge in [0.25, 0.3) is 0 Å². The van der Waals surface area contributed by atoms with Crippen LogP contribution in [0.3, 0.4) is 0 Å². The Morgan fingerprint density at radius 2 is 1.85 bits per heavy atom. The molecular weight excluding hydrogens is 180 g/mol. The summed E-state index contributed by atoms with van der Waals surface area (Å²) in [5.74, 6) is -2.73. The molecule has 0 bridgehead atoms. The summed E-state index contributed by atoms with van der Waals surface area (Å²) in [6, 6.07) is 0. The van der Waals surface area contributed by atoms with Crippen molar-refractivity contribution in [2.24, 2.45) is 0 Å². The zero-order valence-corrected chi connectivity index (χ0v) is 6.85. The van der Waals surface area contributed by atoms with Crippen molar-refractivity contribution in [1.82, 2.24) is 0 Å². The molecule has 0 atom stereocenters. The summed E-state index contributed by atoms with van der Waals surface area (Å²) in [4.78, 5) is 30.6. The Bertz CT molecular complexity index is 241. The van der Waals surface area contributed by atoms with Gasteiger partial charge in [0.05, 0.1) is 0 Å². The smallest absolute Gasteiger partial charge is 0.333 e. The highest BCUT2D eigenvalue weighted by molar-refractivity contribution is 5.90. The molecule has 0 radical (unpaired) electrons. The monoisotopic (exact) mass is 188 g/mol. The lowest BCUT2D eigenvalue weighted by Gasteiger charge is -2.00. The molecule has 0 fully saturated rings. The van der Waals surface area contributed by atoms with E-state index in [4.69, 9.17) is 5.11 Å². The second-order valence-corrected chi connectivity index (χ2v) is 1.89. The molecule has 0 aromatic carbocycles. The summed E-state index contributed by atoms with van der Waals surface area (Å²) >= 11 is 0. The van der Waals surface area contributed by atoms with E-state index in [1.54, 1.807) is 0 Å². The van der Waals surface area contributed by atoms with Gasteiger partial charge in [-0.25, -0.2) is 9.59 Å². The van der Waals surface area contributed by atoms with E-state index in [-0.39, 0.29) is 0 Å². The molecule has 0 saturated heterocycles. The van der Waals surface area contributed by atoms with Gasteiger partial charge in [-0.05, 0) is 0 Å². The SMILES string of the molecule is CC(=O)OCOC(=O)/C=C\C(=O)O. The Morgan fingerprint density at radius 3 is 2.31 bits per heavy atom. The molecule has 0 spiro atoms. The first kappa shape index (κ1) is 11.2. The van der Waals surface area contributed by atoms with Crippen molar-refractivity contribution in [3.63, 3.8) is 0 Å². The molecule has 0 rings (SSSR count). The predicted molar refractivity (Wildman–Crippen MR) is 39.5 cm³/mol. The lowest BCUT2D eigenvalue weighted by Crippen LogP contribution is -2.08. The number of hydrogen-bond acceptors (Lipinski definition) is 5. The van der Waals surface area contributed by atoms with Crippen LogP contribution in [0.15, 0.2) is 12.2 Å². The van der Waals surface area contributed by atoms with Crippen LogP contribution in [0, 0.1) is 0 Å². The normalized spacial score (nSPS) is 9.62. The van der Waals surface area contributed by atoms with Crippen LogP contribution in [0.1, 0.15) is 6.92 Å². The van der Waals surface area contributed by atoms with E-state index in [9.17, 15) is 14.4 Å². The number of rotatable bonds is 4. The summed E-state index contributed by atoms with van der Waals surface area (Å²) in [5.41, 5.74) is 0. The van der Waals surface area contributed by atoms with Crippen molar-refractivity contribution in [2.75, 3.05) is 6.79 Å². The Hall–Kier alpha value is -1.85. The van der Waals surface area contributed by atoms with Crippen LogP contribution in [0.4, 0.5) is 0 Å². The van der Waals surface area contributed by atoms with Crippen molar-refractivity contribution < 1.29 is 29.0 Å². The van der Waals surface area contributed by atoms with Crippen LogP contribution >= 0.6 is 0 Å². The third kappa shape index (κ3) is 8.05. The number of hydrogen-bond donors (Lipinski definition) is 1. The first-order chi connectivity index (χ1) is 6.02. The molecule has 0 unspecified atom stereocenters. The van der Waals surface area contributed by atoms with E-state index in [1.165, 1.54) is 0 Å². The summed E-state index contributed by atoms with van der Waals surface area (Å²) in [5, 5.41) is 8.10. The molecule has 0 aliphatic carbocycles. The maximum absolute atomic E-state index is 10.6. The van der Waals surface area contributed by atoms with E-state index in [0.29, 0.717) is 12.2 Å². The Morgan fingerprint density at radius 1 is 1.23 bits per heavy atom. The summed E-state index contributed by atoms with van der Waals surface area (Å²) < 4.78 is 8.53. The van der Waals surface area contributed by atoms with E-state index in [1.807, 2.05) is 0 Å². The second kappa shape index (κ2) is 5.76. The van der Waals surface area contributed by atoms with Crippen molar-refractivity contribution in [2.45, 2.75) is 6.92 Å². The molecule has 0 aliphatic heterocycles. The largest absolute Gasteiger partial charge is 0.478 e. The van der Waals surface area contributed by atoms with Crippen molar-refractivity contribution in [3.8, 4) is 0 Å². The minimum Gasteiger partial charge on any atom is -0.478 e. The Kier molecular flexibility index (Phi) is 4.94. The molecule has 13 heavy (non-hydrogen) atoms. The number of carbonyl (C=O) groups is 3. The molecule has 6 nitrogen and oxygen atoms in total. The van der Waals surface area contributed by atoms with E-state index in [0.717, 1.165) is 6.92 Å². The van der Waals surface area contributed by atoms with Crippen molar-refractivity contribution >= 4 is 17.9 Å². The highest BCUT2D eigenvalue weighted by Crippen LogP contribution is 1.84. The molecule has 6 heteroatoms. The topological polar surface area (TPSA) is 89.9 Å². The zero-order valence-electron chi connectivity index (χ0n) is 6.85. The molecule has 0 aliphatic rings. The number of esters is 2. The third-order valence-corrected chi connectivity index (χ3v) is 0.825. The first-order valence-electron chi connectivity index (χ1n) is 3.23. The van der Waals surface area contributed by atoms with Gasteiger partial charge >= 0.3 is 17.9 Å². The van der Waals surface area contributed by atoms with E-state index in [2.05, 4.69) is 9.47 Å². The fourth-order valence-electron chi connectivity index (χ4n) is 0.358. The van der Waals surface area contributed by atoms with Crippen LogP contribution in [0.25, 0.3) is 0 Å². The average Bonchev–Trinajstić information content (AvgIpc) is 2.00. The van der Waals surface area contributed by atoms with Gasteiger partial charge in [-0.3, -0.25) is 4.79 Å². The first-order valence-corrected chi connectivity index (χ1v) is 3.23. The Balaban J connectivity index is 3.64. The summed E-state index contributed by atoms with van der Waals surface area (Å²) in [6.45, 7) is 0.638. The third-order valence-electron chi connectivity index (χ3n) is 0.825. The van der Waals surface area contributed by atoms with E-state index < -0.39 is 24.7 Å². The zero-order chi connectivity index (χ0) is 10.3. The number of carboxylic acids is 1. The van der Waals surface area contributed by atoms with Gasteiger partial charge in [-0.2, -0.15) is 0 Å². The van der Waals surface area contributed by atoms with Crippen LogP contribution in [-0.4, -0.2) is 29.8 Å². The molecule has 0 aromatic rings. The maximum atomic E-state index is 10.6. The summed E-state index contributed by atoms with van der Waals surface area (Å²) in [7, 11) is 0. The average molecular weight is 188 g/mol. The molecular formula is C7H8O6. The molecule has 72 valence electrons. The maximum Gasteiger partial charge on any atom is 0.333 e. The molecule has 0 heterocycles. The lowest BCUT2D eigenvalue weighted by molar-refractivity contribution is -0.162. The van der Waals surface area contributed by atoms with Gasteiger partial charge in [-0.15, -0.1) is 0 Å². The lowest BCUT2D eigenvalue weighted by atomic mass is 10.5. The molecule has 0 aromatic heterocycles. The Labute approximate surface area is 73.7 Å². The fraction of sp³-hybridized carbons (Fsp3) is 0.286. The minimum absolute atomic E-state index is 0.516. The van der Waals surface area contributed by atoms with Crippen LogP contribution in [-0.2, 0) is 23.9 Å². The minimum atomic E-state index is -1.26. The van der Waals surface area contributed by atoms with Gasteiger partial charge in [-0.1, -0.05) is 0 Å². The number of carboxylic acid groups (broad SMARTS) is 1. The molecule has 0 saturated carbocycles. The van der Waals surface area contributed by atoms with Crippen LogP contribution in [0.5, 0.6) is 0 Å². The van der Waals surface area contributed by atoms with Gasteiger partial charge in [0.1, 0.15) is 0 Å². The van der Waals surface area contributed by atoms with Gasteiger partial charge in [0.2, 0.25) is 6.79 Å². The predicted octanol–water partition coefficient (Wildman–Crippen LogP) is -0.309. The van der Waals surface area contributed by atoms with Crippen LogP contribution < -0.4 is 0 Å². The number of aliphatic carboxylic acids is 1. The van der Waals surface area contributed by atoms with Crippen LogP contribution in [0.2, 0.25) is 0 Å². The number of carbonyl (C=O) groups excluding carboxylic acids is 2. The van der Waals surface area contributed by atoms with Gasteiger partial charge in [0.15, 0.2) is 0 Å². The quantitative estimate of drug-likeness (QED) is 0.369. The second-order valence-electron chi connectivity index (χ2n) is 1.89. The molecule has 0 amide bonds. The summed E-state index contributed by atoms with van der Waals surface area (Å²) in [6.07, 6.45) is 1.34. The van der Waals surface area contributed by atoms with Gasteiger partial charge < -0.3 is 14.6 Å². The standard InChI is InChI=1S/C7H8O6/c1-5(8)12-4-13-7(11)3-2-6(9)10/h2-3H,4H2,1H3,(H,9,10)/b3-2-. The highest BCUT2D eigenvalue weighted by Gasteiger charge is 1.98. The fourth-order valence-corrected chi connectivity index (χ4v) is 0.358. The van der Waals surface area contributed by atoms with Gasteiger partial charge in [0, 0.05) is 19.1 Å². The number of ether oxygens (including phenoxy) is 2. The van der Waals surface area contributed by atoms with E-state index >= 15 is 0 Å². The van der Waals surface area contributed by atoms with Crippen molar-refractivity contribution in [3.05, 3.63) is 12.2 Å². The molecule has 1 N–H and O–H groups in total.